The first-order chi connectivity index (χ1) is 16.0. The Morgan fingerprint density at radius 2 is 1.82 bits per heavy atom. The fourth-order valence-corrected chi connectivity index (χ4v) is 5.28. The van der Waals surface area contributed by atoms with Gasteiger partial charge in [-0.25, -0.2) is 9.38 Å². The number of nitrogens with one attached hydrogen (secondary N) is 1. The van der Waals surface area contributed by atoms with E-state index < -0.39 is 17.6 Å². The van der Waals surface area contributed by atoms with Gasteiger partial charge in [-0.15, -0.1) is 11.3 Å². The smallest absolute Gasteiger partial charge is 0.261 e. The molecule has 8 heteroatoms. The van der Waals surface area contributed by atoms with Gasteiger partial charge in [0.05, 0.1) is 5.56 Å². The maximum atomic E-state index is 13.2. The van der Waals surface area contributed by atoms with Crippen LogP contribution < -0.4 is 16.6 Å². The number of primary amides is 1. The molecule has 0 saturated carbocycles. The van der Waals surface area contributed by atoms with E-state index in [0.29, 0.717) is 21.8 Å². The third-order valence-electron chi connectivity index (χ3n) is 5.60. The van der Waals surface area contributed by atoms with E-state index in [1.165, 1.54) is 35.6 Å². The number of rotatable bonds is 4. The molecule has 5 rings (SSSR count). The number of carbonyl (C=O) groups excluding carboxylic acids is 2. The first kappa shape index (κ1) is 21.1. The number of thiophene rings is 1. The number of nitrogens with zero attached hydrogens (tertiary/aromatic N) is 1. The maximum absolute atomic E-state index is 13.2. The zero-order valence-electron chi connectivity index (χ0n) is 17.6. The maximum Gasteiger partial charge on any atom is 0.261 e. The van der Waals surface area contributed by atoms with Crippen LogP contribution >= 0.6 is 11.3 Å². The average Bonchev–Trinajstić information content (AvgIpc) is 3.18. The summed E-state index contributed by atoms with van der Waals surface area (Å²) in [6.07, 6.45) is 3.71. The van der Waals surface area contributed by atoms with Crippen LogP contribution in [-0.2, 0) is 12.8 Å². The van der Waals surface area contributed by atoms with Crippen molar-refractivity contribution in [2.24, 2.45) is 10.7 Å². The van der Waals surface area contributed by atoms with Crippen LogP contribution in [0.15, 0.2) is 64.0 Å². The highest BCUT2D eigenvalue weighted by Gasteiger charge is 2.24. The quantitative estimate of drug-likeness (QED) is 0.443. The van der Waals surface area contributed by atoms with E-state index in [-0.39, 0.29) is 11.1 Å². The van der Waals surface area contributed by atoms with Crippen molar-refractivity contribution in [3.8, 4) is 0 Å². The van der Waals surface area contributed by atoms with Gasteiger partial charge < -0.3 is 15.5 Å². The van der Waals surface area contributed by atoms with E-state index in [0.717, 1.165) is 41.5 Å². The summed E-state index contributed by atoms with van der Waals surface area (Å²) in [6.45, 7) is 0. The molecule has 6 nitrogen and oxygen atoms in total. The SMILES string of the molecule is NC(=O)c1c(/N=c2\oc3ccccc3cc2C(=O)Nc2ccc(F)cc2)sc2c1CCCC2. The lowest BCUT2D eigenvalue weighted by Crippen LogP contribution is -2.22. The Labute approximate surface area is 192 Å². The number of aryl methyl sites for hydroxylation is 1. The molecular formula is C25H20FN3O3S. The molecule has 3 N–H and O–H groups in total. The van der Waals surface area contributed by atoms with Crippen molar-refractivity contribution < 1.29 is 18.4 Å². The van der Waals surface area contributed by atoms with Crippen molar-refractivity contribution in [2.75, 3.05) is 5.32 Å². The zero-order valence-corrected chi connectivity index (χ0v) is 18.4. The minimum absolute atomic E-state index is 0.0782. The van der Waals surface area contributed by atoms with E-state index >= 15 is 0 Å². The van der Waals surface area contributed by atoms with Crippen LogP contribution in [0.4, 0.5) is 15.1 Å². The van der Waals surface area contributed by atoms with Crippen molar-refractivity contribution in [1.29, 1.82) is 0 Å². The number of hydrogen-bond donors (Lipinski definition) is 2. The molecule has 1 aliphatic carbocycles. The second kappa shape index (κ2) is 8.63. The molecule has 2 aromatic carbocycles. The normalized spacial score (nSPS) is 13.7. The van der Waals surface area contributed by atoms with E-state index in [1.54, 1.807) is 12.1 Å². The van der Waals surface area contributed by atoms with E-state index in [2.05, 4.69) is 10.3 Å². The Morgan fingerprint density at radius 3 is 2.61 bits per heavy atom. The van der Waals surface area contributed by atoms with Crippen molar-refractivity contribution in [3.05, 3.63) is 87.5 Å². The highest BCUT2D eigenvalue weighted by molar-refractivity contribution is 7.16. The second-order valence-electron chi connectivity index (χ2n) is 7.83. The summed E-state index contributed by atoms with van der Waals surface area (Å²) in [5.74, 6) is -1.40. The van der Waals surface area contributed by atoms with Crippen LogP contribution in [0, 0.1) is 5.82 Å². The lowest BCUT2D eigenvalue weighted by atomic mass is 9.95. The number of benzene rings is 2. The monoisotopic (exact) mass is 461 g/mol. The third kappa shape index (κ3) is 4.17. The molecule has 2 amide bonds. The van der Waals surface area contributed by atoms with Gasteiger partial charge in [0.15, 0.2) is 0 Å². The van der Waals surface area contributed by atoms with Gasteiger partial charge in [-0.05, 0) is 67.6 Å². The Morgan fingerprint density at radius 1 is 1.06 bits per heavy atom. The number of fused-ring (bicyclic) bond motifs is 2. The summed E-state index contributed by atoms with van der Waals surface area (Å²) in [5.41, 5.74) is 8.33. The minimum atomic E-state index is -0.536. The molecule has 166 valence electrons. The molecule has 2 heterocycles. The number of nitrogens with two attached hydrogens (primary N) is 1. The third-order valence-corrected chi connectivity index (χ3v) is 6.79. The number of amides is 2. The van der Waals surface area contributed by atoms with Gasteiger partial charge in [-0.3, -0.25) is 9.59 Å². The van der Waals surface area contributed by atoms with Crippen LogP contribution in [0.1, 0.15) is 44.0 Å². The predicted octanol–water partition coefficient (Wildman–Crippen LogP) is 5.10. The van der Waals surface area contributed by atoms with E-state index in [4.69, 9.17) is 10.2 Å². The van der Waals surface area contributed by atoms with E-state index in [1.807, 2.05) is 18.2 Å². The fourth-order valence-electron chi connectivity index (χ4n) is 4.02. The summed E-state index contributed by atoms with van der Waals surface area (Å²) < 4.78 is 19.3. The number of carbonyl (C=O) groups is 2. The second-order valence-corrected chi connectivity index (χ2v) is 8.91. The molecule has 0 bridgehead atoms. The number of hydrogen-bond acceptors (Lipinski definition) is 5. The molecule has 0 atom stereocenters. The van der Waals surface area contributed by atoms with Crippen molar-refractivity contribution in [2.45, 2.75) is 25.7 Å². The van der Waals surface area contributed by atoms with E-state index in [9.17, 15) is 14.0 Å². The lowest BCUT2D eigenvalue weighted by Gasteiger charge is -2.10. The first-order valence-electron chi connectivity index (χ1n) is 10.6. The van der Waals surface area contributed by atoms with Crippen LogP contribution in [0.2, 0.25) is 0 Å². The van der Waals surface area contributed by atoms with Crippen LogP contribution in [0.25, 0.3) is 11.0 Å². The fraction of sp³-hybridized carbons (Fsp3) is 0.160. The summed E-state index contributed by atoms with van der Waals surface area (Å²) in [7, 11) is 0. The highest BCUT2D eigenvalue weighted by Crippen LogP contribution is 2.39. The molecule has 33 heavy (non-hydrogen) atoms. The summed E-state index contributed by atoms with van der Waals surface area (Å²) >= 11 is 1.42. The summed E-state index contributed by atoms with van der Waals surface area (Å²) in [6, 6.07) is 14.4. The van der Waals surface area contributed by atoms with Gasteiger partial charge in [-0.2, -0.15) is 0 Å². The Hall–Kier alpha value is -3.78. The first-order valence-corrected chi connectivity index (χ1v) is 11.4. The van der Waals surface area contributed by atoms with Gasteiger partial charge in [0.1, 0.15) is 22.0 Å². The summed E-state index contributed by atoms with van der Waals surface area (Å²) in [4.78, 5) is 31.2. The topological polar surface area (TPSA) is 97.7 Å². The minimum Gasteiger partial charge on any atom is -0.437 e. The van der Waals surface area contributed by atoms with Gasteiger partial charge in [0.2, 0.25) is 5.55 Å². The molecule has 1 aliphatic rings. The van der Waals surface area contributed by atoms with Gasteiger partial charge in [0, 0.05) is 16.0 Å². The number of halogens is 1. The van der Waals surface area contributed by atoms with Crippen LogP contribution in [0.5, 0.6) is 0 Å². The van der Waals surface area contributed by atoms with Crippen LogP contribution in [-0.4, -0.2) is 11.8 Å². The van der Waals surface area contributed by atoms with Gasteiger partial charge >= 0.3 is 0 Å². The highest BCUT2D eigenvalue weighted by atomic mass is 32.1. The van der Waals surface area contributed by atoms with Crippen molar-refractivity contribution in [3.63, 3.8) is 0 Å². The predicted molar refractivity (Wildman–Crippen MR) is 125 cm³/mol. The van der Waals surface area contributed by atoms with Crippen molar-refractivity contribution in [1.82, 2.24) is 0 Å². The average molecular weight is 462 g/mol. The zero-order chi connectivity index (χ0) is 22.9. The Balaban J connectivity index is 1.67. The van der Waals surface area contributed by atoms with Gasteiger partial charge in [-0.1, -0.05) is 18.2 Å². The standard InChI is InChI=1S/C25H20FN3O3S/c26-15-9-11-16(12-10-15)28-23(31)18-13-14-5-1-3-7-19(14)32-24(18)29-25-21(22(27)30)17-6-2-4-8-20(17)33-25/h1,3,5,7,9-13H,2,4,6,8H2,(H2,27,30)(H,28,31)/b29-24-. The largest absolute Gasteiger partial charge is 0.437 e. The molecule has 0 unspecified atom stereocenters. The Kier molecular flexibility index (Phi) is 5.51. The number of para-hydroxylation sites is 1. The summed E-state index contributed by atoms with van der Waals surface area (Å²) in [5, 5.41) is 3.92. The van der Waals surface area contributed by atoms with Crippen molar-refractivity contribution >= 4 is 44.8 Å². The number of anilines is 1. The molecule has 2 aromatic heterocycles. The molecular weight excluding hydrogens is 441 g/mol. The molecule has 0 radical (unpaired) electrons. The molecule has 4 aromatic rings. The Bertz CT molecular complexity index is 1450. The molecule has 0 spiro atoms. The molecule has 0 fully saturated rings. The van der Waals surface area contributed by atoms with Gasteiger partial charge in [0.25, 0.3) is 11.8 Å². The lowest BCUT2D eigenvalue weighted by molar-refractivity contribution is 0.0997. The van der Waals surface area contributed by atoms with Crippen LogP contribution in [0.3, 0.4) is 0 Å². The molecule has 0 saturated heterocycles. The molecule has 0 aliphatic heterocycles.